The fraction of sp³-hybridized carbons (Fsp3) is 0.600. The minimum Gasteiger partial charge on any atom is -0.299 e. The number of ketones is 2. The number of Topliss-reactive ketones (excluding diaryl/α,β-unsaturated/α-hetero) is 2. The zero-order chi connectivity index (χ0) is 9.14. The highest BCUT2D eigenvalue weighted by Gasteiger charge is 2.36. The van der Waals surface area contributed by atoms with Gasteiger partial charge in [0.1, 0.15) is 11.6 Å². The van der Waals surface area contributed by atoms with E-state index < -0.39 is 0 Å². The van der Waals surface area contributed by atoms with Crippen LogP contribution in [-0.2, 0) is 9.59 Å². The third kappa shape index (κ3) is 1.63. The molecule has 0 radical (unpaired) electrons. The van der Waals surface area contributed by atoms with Crippen molar-refractivity contribution in [2.24, 2.45) is 11.8 Å². The Labute approximate surface area is 72.7 Å². The average Bonchev–Trinajstić information content (AvgIpc) is 2.32. The van der Waals surface area contributed by atoms with Gasteiger partial charge >= 0.3 is 0 Å². The molecule has 2 nitrogen and oxygen atoms in total. The maximum absolute atomic E-state index is 11.2. The van der Waals surface area contributed by atoms with Crippen LogP contribution < -0.4 is 0 Å². The standard InChI is InChI=1S/C10H14O2/c1-3-4-8-5-6-9(12)10(8)7(2)11/h3,8,10H,1,4-6H2,2H3/t8-,10+/m0/s1. The van der Waals surface area contributed by atoms with Gasteiger partial charge in [0.25, 0.3) is 0 Å². The van der Waals surface area contributed by atoms with Gasteiger partial charge in [0.2, 0.25) is 0 Å². The fourth-order valence-corrected chi connectivity index (χ4v) is 1.94. The van der Waals surface area contributed by atoms with Crippen LogP contribution in [0.2, 0.25) is 0 Å². The Kier molecular flexibility index (Phi) is 2.79. The summed E-state index contributed by atoms with van der Waals surface area (Å²) in [5.74, 6) is 0.0363. The molecule has 12 heavy (non-hydrogen) atoms. The average molecular weight is 166 g/mol. The molecule has 0 aromatic carbocycles. The lowest BCUT2D eigenvalue weighted by Crippen LogP contribution is -2.22. The molecular weight excluding hydrogens is 152 g/mol. The predicted molar refractivity (Wildman–Crippen MR) is 46.7 cm³/mol. The first-order chi connectivity index (χ1) is 5.66. The highest BCUT2D eigenvalue weighted by Crippen LogP contribution is 2.32. The van der Waals surface area contributed by atoms with E-state index in [-0.39, 0.29) is 23.4 Å². The molecule has 0 aromatic heterocycles. The molecule has 1 saturated carbocycles. The van der Waals surface area contributed by atoms with Gasteiger partial charge in [0.05, 0.1) is 5.92 Å². The van der Waals surface area contributed by atoms with E-state index in [0.29, 0.717) is 6.42 Å². The Bertz CT molecular complexity index is 218. The van der Waals surface area contributed by atoms with Crippen LogP contribution in [0.5, 0.6) is 0 Å². The minimum absolute atomic E-state index is 0.0179. The van der Waals surface area contributed by atoms with Crippen molar-refractivity contribution in [3.05, 3.63) is 12.7 Å². The van der Waals surface area contributed by atoms with Crippen LogP contribution >= 0.6 is 0 Å². The summed E-state index contributed by atoms with van der Waals surface area (Å²) in [6.07, 6.45) is 4.01. The summed E-state index contributed by atoms with van der Waals surface area (Å²) in [7, 11) is 0. The van der Waals surface area contributed by atoms with Crippen molar-refractivity contribution in [1.29, 1.82) is 0 Å². The topological polar surface area (TPSA) is 34.1 Å². The zero-order valence-corrected chi connectivity index (χ0v) is 7.38. The van der Waals surface area contributed by atoms with Crippen molar-refractivity contribution in [1.82, 2.24) is 0 Å². The minimum atomic E-state index is -0.331. The smallest absolute Gasteiger partial charge is 0.143 e. The van der Waals surface area contributed by atoms with E-state index in [0.717, 1.165) is 12.8 Å². The van der Waals surface area contributed by atoms with Crippen LogP contribution in [0.15, 0.2) is 12.7 Å². The van der Waals surface area contributed by atoms with E-state index in [4.69, 9.17) is 0 Å². The number of carbonyl (C=O) groups is 2. The molecular formula is C10H14O2. The summed E-state index contributed by atoms with van der Waals surface area (Å²) in [6.45, 7) is 5.12. The number of hydrogen-bond donors (Lipinski definition) is 0. The lowest BCUT2D eigenvalue weighted by Gasteiger charge is -2.12. The van der Waals surface area contributed by atoms with Crippen LogP contribution in [-0.4, -0.2) is 11.6 Å². The van der Waals surface area contributed by atoms with E-state index >= 15 is 0 Å². The molecule has 0 aliphatic heterocycles. The van der Waals surface area contributed by atoms with Crippen molar-refractivity contribution < 1.29 is 9.59 Å². The molecule has 0 aromatic rings. The van der Waals surface area contributed by atoms with E-state index in [1.807, 2.05) is 0 Å². The molecule has 0 spiro atoms. The number of rotatable bonds is 3. The van der Waals surface area contributed by atoms with Gasteiger partial charge in [-0.2, -0.15) is 0 Å². The van der Waals surface area contributed by atoms with Crippen molar-refractivity contribution in [2.75, 3.05) is 0 Å². The highest BCUT2D eigenvalue weighted by atomic mass is 16.1. The zero-order valence-electron chi connectivity index (χ0n) is 7.38. The van der Waals surface area contributed by atoms with E-state index in [1.54, 1.807) is 6.08 Å². The molecule has 1 aliphatic carbocycles. The largest absolute Gasteiger partial charge is 0.299 e. The van der Waals surface area contributed by atoms with E-state index in [2.05, 4.69) is 6.58 Å². The second kappa shape index (κ2) is 3.65. The second-order valence-corrected chi connectivity index (χ2v) is 3.38. The molecule has 0 amide bonds. The molecule has 1 aliphatic rings. The second-order valence-electron chi connectivity index (χ2n) is 3.38. The third-order valence-electron chi connectivity index (χ3n) is 2.49. The number of allylic oxidation sites excluding steroid dienone is 1. The van der Waals surface area contributed by atoms with Gasteiger partial charge in [-0.3, -0.25) is 9.59 Å². The Morgan fingerprint density at radius 1 is 1.75 bits per heavy atom. The van der Waals surface area contributed by atoms with Gasteiger partial charge in [-0.15, -0.1) is 6.58 Å². The van der Waals surface area contributed by atoms with Gasteiger partial charge in [-0.05, 0) is 25.7 Å². The number of hydrogen-bond acceptors (Lipinski definition) is 2. The van der Waals surface area contributed by atoms with Crippen LogP contribution in [0, 0.1) is 11.8 Å². The van der Waals surface area contributed by atoms with Crippen LogP contribution in [0.3, 0.4) is 0 Å². The highest BCUT2D eigenvalue weighted by molar-refractivity contribution is 6.03. The summed E-state index contributed by atoms with van der Waals surface area (Å²) < 4.78 is 0. The van der Waals surface area contributed by atoms with Crippen molar-refractivity contribution in [3.63, 3.8) is 0 Å². The fourth-order valence-electron chi connectivity index (χ4n) is 1.94. The molecule has 0 saturated heterocycles. The lowest BCUT2D eigenvalue weighted by atomic mass is 9.89. The van der Waals surface area contributed by atoms with Crippen molar-refractivity contribution in [2.45, 2.75) is 26.2 Å². The molecule has 0 bridgehead atoms. The van der Waals surface area contributed by atoms with E-state index in [1.165, 1.54) is 6.92 Å². The van der Waals surface area contributed by atoms with Gasteiger partial charge in [-0.25, -0.2) is 0 Å². The van der Waals surface area contributed by atoms with Crippen LogP contribution in [0.1, 0.15) is 26.2 Å². The summed E-state index contributed by atoms with van der Waals surface area (Å²) in [6, 6.07) is 0. The summed E-state index contributed by atoms with van der Waals surface area (Å²) in [4.78, 5) is 22.3. The SMILES string of the molecule is C=CC[C@H]1CCC(=O)[C@@H]1C(C)=O. The molecule has 0 unspecified atom stereocenters. The predicted octanol–water partition coefficient (Wildman–Crippen LogP) is 1.75. The molecule has 0 N–H and O–H groups in total. The van der Waals surface area contributed by atoms with E-state index in [9.17, 15) is 9.59 Å². The molecule has 66 valence electrons. The van der Waals surface area contributed by atoms with Crippen LogP contribution in [0.25, 0.3) is 0 Å². The molecule has 2 heteroatoms. The lowest BCUT2D eigenvalue weighted by molar-refractivity contribution is -0.130. The first-order valence-electron chi connectivity index (χ1n) is 4.31. The number of carbonyl (C=O) groups excluding carboxylic acids is 2. The van der Waals surface area contributed by atoms with Crippen molar-refractivity contribution in [3.8, 4) is 0 Å². The van der Waals surface area contributed by atoms with Gasteiger partial charge < -0.3 is 0 Å². The van der Waals surface area contributed by atoms with Gasteiger partial charge in [0, 0.05) is 6.42 Å². The summed E-state index contributed by atoms with van der Waals surface area (Å²) >= 11 is 0. The Morgan fingerprint density at radius 3 is 2.92 bits per heavy atom. The molecule has 2 atom stereocenters. The monoisotopic (exact) mass is 166 g/mol. The first-order valence-corrected chi connectivity index (χ1v) is 4.31. The first kappa shape index (κ1) is 9.17. The Hall–Kier alpha value is -0.920. The maximum atomic E-state index is 11.2. The summed E-state index contributed by atoms with van der Waals surface area (Å²) in [5.41, 5.74) is 0. The summed E-state index contributed by atoms with van der Waals surface area (Å²) in [5, 5.41) is 0. The molecule has 1 fully saturated rings. The quantitative estimate of drug-likeness (QED) is 0.473. The van der Waals surface area contributed by atoms with Crippen molar-refractivity contribution >= 4 is 11.6 Å². The van der Waals surface area contributed by atoms with Gasteiger partial charge in [-0.1, -0.05) is 6.08 Å². The molecule has 0 heterocycles. The van der Waals surface area contributed by atoms with Crippen LogP contribution in [0.4, 0.5) is 0 Å². The molecule has 1 rings (SSSR count). The normalized spacial score (nSPS) is 28.9. The van der Waals surface area contributed by atoms with Gasteiger partial charge in [0.15, 0.2) is 0 Å². The maximum Gasteiger partial charge on any atom is 0.143 e. The third-order valence-corrected chi connectivity index (χ3v) is 2.49. The Morgan fingerprint density at radius 2 is 2.42 bits per heavy atom. The Balaban J connectivity index is 2.69.